The van der Waals surface area contributed by atoms with Crippen LogP contribution in [0.1, 0.15) is 47.3 Å². The van der Waals surface area contributed by atoms with Crippen LogP contribution in [0.2, 0.25) is 0 Å². The first kappa shape index (κ1) is 25.1. The highest BCUT2D eigenvalue weighted by Crippen LogP contribution is 2.39. The van der Waals surface area contributed by atoms with Gasteiger partial charge in [0.2, 0.25) is 11.8 Å². The molecular weight excluding hydrogens is 450 g/mol. The topological polar surface area (TPSA) is 164 Å². The number of esters is 3. The van der Waals surface area contributed by atoms with E-state index in [4.69, 9.17) is 18.9 Å². The Bertz CT molecular complexity index is 1060. The number of nitrogens with zero attached hydrogens (tertiary/aromatic N) is 4. The molecule has 1 aliphatic heterocycles. The number of imidazole rings is 1. The Balaban J connectivity index is 2.10. The Labute approximate surface area is 195 Å². The van der Waals surface area contributed by atoms with Crippen LogP contribution in [0.3, 0.4) is 0 Å². The van der Waals surface area contributed by atoms with Gasteiger partial charge in [0.05, 0.1) is 0 Å². The third-order valence-electron chi connectivity index (χ3n) is 5.36. The van der Waals surface area contributed by atoms with Gasteiger partial charge in [-0.05, 0) is 5.92 Å². The molecule has 0 aromatic carbocycles. The minimum Gasteiger partial charge on any atom is -0.492 e. The van der Waals surface area contributed by atoms with Crippen molar-refractivity contribution in [1.82, 2.24) is 19.5 Å². The molecule has 0 saturated carbocycles. The predicted octanol–water partition coefficient (Wildman–Crippen LogP) is 1.31. The Hall–Kier alpha value is -3.48. The zero-order valence-corrected chi connectivity index (χ0v) is 19.7. The standard InChI is InChI=1S/C21H29N5O8/c1-6-10(2)7-22-21-25-15-18(23-9-24-19(15)30)26(21)20-17(33-13(5)29)16(32-12(4)28)14(34-20)8-31-11(3)27/h9-10,14,16-17,20H,6-8H2,1-5H3,(H,22,25)(H,23,24,30)/t10?,14-,16-,17-,20-/m1/s1. The number of rotatable bonds is 9. The molecule has 0 bridgehead atoms. The van der Waals surface area contributed by atoms with E-state index in [0.29, 0.717) is 12.5 Å². The minimum atomic E-state index is -1.12. The molecule has 0 amide bonds. The summed E-state index contributed by atoms with van der Waals surface area (Å²) in [5.41, 5.74) is 0.308. The van der Waals surface area contributed by atoms with Gasteiger partial charge >= 0.3 is 17.9 Å². The molecule has 1 fully saturated rings. The molecule has 34 heavy (non-hydrogen) atoms. The summed E-state index contributed by atoms with van der Waals surface area (Å²) in [4.78, 5) is 47.6. The molecule has 2 aromatic heterocycles. The summed E-state index contributed by atoms with van der Waals surface area (Å²) >= 11 is 0. The van der Waals surface area contributed by atoms with Crippen molar-refractivity contribution in [2.24, 2.45) is 5.92 Å². The normalized spacial score (nSPS) is 22.9. The third kappa shape index (κ3) is 5.53. The van der Waals surface area contributed by atoms with E-state index in [9.17, 15) is 19.5 Å². The van der Waals surface area contributed by atoms with Crippen molar-refractivity contribution in [3.63, 3.8) is 0 Å². The van der Waals surface area contributed by atoms with Crippen molar-refractivity contribution in [2.75, 3.05) is 18.5 Å². The number of fused-ring (bicyclic) bond motifs is 1. The maximum absolute atomic E-state index is 12.0. The van der Waals surface area contributed by atoms with Crippen LogP contribution in [-0.4, -0.2) is 74.0 Å². The predicted molar refractivity (Wildman–Crippen MR) is 117 cm³/mol. The summed E-state index contributed by atoms with van der Waals surface area (Å²) < 4.78 is 23.6. The fraction of sp³-hybridized carbons (Fsp3) is 0.619. The number of hydrogen-bond acceptors (Lipinski definition) is 12. The summed E-state index contributed by atoms with van der Waals surface area (Å²) in [6, 6.07) is 0. The van der Waals surface area contributed by atoms with Gasteiger partial charge in [-0.15, -0.1) is 0 Å². The van der Waals surface area contributed by atoms with E-state index in [1.54, 1.807) is 0 Å². The smallest absolute Gasteiger partial charge is 0.303 e. The lowest BCUT2D eigenvalue weighted by Crippen LogP contribution is -2.40. The first-order chi connectivity index (χ1) is 16.1. The van der Waals surface area contributed by atoms with Crippen LogP contribution in [0.15, 0.2) is 6.33 Å². The van der Waals surface area contributed by atoms with Crippen molar-refractivity contribution >= 4 is 35.0 Å². The van der Waals surface area contributed by atoms with Gasteiger partial charge in [0.1, 0.15) is 19.0 Å². The van der Waals surface area contributed by atoms with E-state index >= 15 is 0 Å². The molecule has 13 nitrogen and oxygen atoms in total. The summed E-state index contributed by atoms with van der Waals surface area (Å²) in [5, 5.41) is 13.5. The van der Waals surface area contributed by atoms with E-state index in [0.717, 1.165) is 12.7 Å². The zero-order valence-electron chi connectivity index (χ0n) is 19.7. The number of carbonyl (C=O) groups is 3. The van der Waals surface area contributed by atoms with Crippen molar-refractivity contribution in [3.8, 4) is 5.88 Å². The highest BCUT2D eigenvalue weighted by Gasteiger charge is 2.51. The zero-order chi connectivity index (χ0) is 25.0. The molecule has 0 aliphatic carbocycles. The Morgan fingerprint density at radius 1 is 1.15 bits per heavy atom. The lowest BCUT2D eigenvalue weighted by atomic mass is 10.1. The average molecular weight is 479 g/mol. The molecule has 0 radical (unpaired) electrons. The van der Waals surface area contributed by atoms with Crippen LogP contribution in [0.25, 0.3) is 11.2 Å². The van der Waals surface area contributed by atoms with Gasteiger partial charge in [0, 0.05) is 27.3 Å². The summed E-state index contributed by atoms with van der Waals surface area (Å²) in [7, 11) is 0. The van der Waals surface area contributed by atoms with E-state index < -0.39 is 42.4 Å². The molecule has 0 spiro atoms. The van der Waals surface area contributed by atoms with E-state index in [-0.39, 0.29) is 29.6 Å². The largest absolute Gasteiger partial charge is 0.492 e. The fourth-order valence-electron chi connectivity index (χ4n) is 3.57. The molecule has 3 rings (SSSR count). The molecule has 1 aliphatic rings. The van der Waals surface area contributed by atoms with Crippen molar-refractivity contribution in [3.05, 3.63) is 6.33 Å². The van der Waals surface area contributed by atoms with E-state index in [1.807, 2.05) is 6.92 Å². The van der Waals surface area contributed by atoms with Crippen molar-refractivity contribution in [1.29, 1.82) is 0 Å². The van der Waals surface area contributed by atoms with Gasteiger partial charge in [-0.1, -0.05) is 20.3 Å². The molecule has 3 heterocycles. The third-order valence-corrected chi connectivity index (χ3v) is 5.36. The van der Waals surface area contributed by atoms with Gasteiger partial charge in [0.25, 0.3) is 0 Å². The molecular formula is C21H29N5O8. The van der Waals surface area contributed by atoms with Crippen LogP contribution < -0.4 is 5.32 Å². The minimum absolute atomic E-state index is 0.104. The van der Waals surface area contributed by atoms with Crippen LogP contribution in [0, 0.1) is 5.92 Å². The van der Waals surface area contributed by atoms with Gasteiger partial charge in [-0.2, -0.15) is 4.98 Å². The second kappa shape index (κ2) is 10.6. The SMILES string of the molecule is CCC(C)CNc1nc2c(O)ncnc2n1[C@@H]1O[C@H](COC(C)=O)[C@@H](OC(C)=O)[C@H]1OC(C)=O. The fourth-order valence-corrected chi connectivity index (χ4v) is 3.57. The number of aromatic hydroxyl groups is 1. The molecule has 1 unspecified atom stereocenters. The van der Waals surface area contributed by atoms with Crippen LogP contribution >= 0.6 is 0 Å². The molecule has 1 saturated heterocycles. The number of ether oxygens (including phenoxy) is 4. The summed E-state index contributed by atoms with van der Waals surface area (Å²) in [6.45, 7) is 8.05. The molecule has 13 heteroatoms. The number of aromatic nitrogens is 4. The highest BCUT2D eigenvalue weighted by atomic mass is 16.7. The number of hydrogen-bond donors (Lipinski definition) is 2. The highest BCUT2D eigenvalue weighted by molar-refractivity contribution is 5.79. The van der Waals surface area contributed by atoms with Crippen molar-refractivity contribution < 1.29 is 38.4 Å². The van der Waals surface area contributed by atoms with Crippen LogP contribution in [-0.2, 0) is 33.3 Å². The second-order valence-corrected chi connectivity index (χ2v) is 8.09. The number of carbonyl (C=O) groups excluding carboxylic acids is 3. The van der Waals surface area contributed by atoms with Gasteiger partial charge in [-0.3, -0.25) is 19.0 Å². The Morgan fingerprint density at radius 2 is 1.82 bits per heavy atom. The lowest BCUT2D eigenvalue weighted by molar-refractivity contribution is -0.166. The quantitative estimate of drug-likeness (QED) is 0.392. The summed E-state index contributed by atoms with van der Waals surface area (Å²) in [5.74, 6) is -1.59. The van der Waals surface area contributed by atoms with Gasteiger partial charge in [0.15, 0.2) is 29.6 Å². The molecule has 2 N–H and O–H groups in total. The lowest BCUT2D eigenvalue weighted by Gasteiger charge is -2.25. The molecule has 2 aromatic rings. The second-order valence-electron chi connectivity index (χ2n) is 8.09. The molecule has 5 atom stereocenters. The molecule has 186 valence electrons. The van der Waals surface area contributed by atoms with Gasteiger partial charge in [-0.25, -0.2) is 9.97 Å². The average Bonchev–Trinajstić information content (AvgIpc) is 3.28. The maximum Gasteiger partial charge on any atom is 0.303 e. The summed E-state index contributed by atoms with van der Waals surface area (Å²) in [6.07, 6.45) is -2.16. The van der Waals surface area contributed by atoms with Crippen molar-refractivity contribution in [2.45, 2.75) is 65.6 Å². The van der Waals surface area contributed by atoms with Crippen LogP contribution in [0.4, 0.5) is 5.95 Å². The monoisotopic (exact) mass is 479 g/mol. The Kier molecular flexibility index (Phi) is 7.87. The first-order valence-electron chi connectivity index (χ1n) is 10.9. The van der Waals surface area contributed by atoms with E-state index in [2.05, 4.69) is 27.2 Å². The van der Waals surface area contributed by atoms with Gasteiger partial charge < -0.3 is 29.4 Å². The van der Waals surface area contributed by atoms with E-state index in [1.165, 1.54) is 25.3 Å². The number of nitrogens with one attached hydrogen (secondary N) is 1. The maximum atomic E-state index is 12.0. The first-order valence-corrected chi connectivity index (χ1v) is 10.9. The Morgan fingerprint density at radius 3 is 2.44 bits per heavy atom. The number of anilines is 1. The van der Waals surface area contributed by atoms with Crippen LogP contribution in [0.5, 0.6) is 5.88 Å².